The minimum atomic E-state index is -0.642. The predicted molar refractivity (Wildman–Crippen MR) is 135 cm³/mol. The average molecular weight is 488 g/mol. The molecule has 0 spiro atoms. The molecule has 2 aliphatic heterocycles. The fraction of sp³-hybridized carbons (Fsp3) is 0.214. The number of nitrogens with two attached hydrogens (primary N) is 1. The van der Waals surface area contributed by atoms with Crippen molar-refractivity contribution in [3.8, 4) is 11.5 Å². The SMILES string of the molecule is NC(=O)c1cccc2c1O/C(=C\c1ccc(OCCN3CCN(c4ccc(F)cc4)CC3)cc1)C2=O. The van der Waals surface area contributed by atoms with Crippen molar-refractivity contribution in [2.45, 2.75) is 0 Å². The summed E-state index contributed by atoms with van der Waals surface area (Å²) in [5, 5.41) is 0. The molecule has 0 aliphatic carbocycles. The van der Waals surface area contributed by atoms with Crippen LogP contribution >= 0.6 is 0 Å². The average Bonchev–Trinajstić information content (AvgIpc) is 3.21. The quantitative estimate of drug-likeness (QED) is 0.511. The van der Waals surface area contributed by atoms with Crippen LogP contribution in [0.15, 0.2) is 72.5 Å². The number of nitrogens with zero attached hydrogens (tertiary/aromatic N) is 2. The highest BCUT2D eigenvalue weighted by molar-refractivity contribution is 6.16. The highest BCUT2D eigenvalue weighted by Crippen LogP contribution is 2.35. The molecule has 1 amide bonds. The van der Waals surface area contributed by atoms with Gasteiger partial charge in [-0.15, -0.1) is 0 Å². The fourth-order valence-corrected chi connectivity index (χ4v) is 4.39. The molecule has 2 aliphatic rings. The molecule has 0 bridgehead atoms. The largest absolute Gasteiger partial charge is 0.492 e. The summed E-state index contributed by atoms with van der Waals surface area (Å²) in [5.74, 6) is -0.0547. The number of primary amides is 1. The summed E-state index contributed by atoms with van der Waals surface area (Å²) < 4.78 is 24.7. The van der Waals surface area contributed by atoms with Crippen LogP contribution in [0.4, 0.5) is 10.1 Å². The molecule has 1 fully saturated rings. The molecule has 8 heteroatoms. The zero-order valence-electron chi connectivity index (χ0n) is 19.7. The van der Waals surface area contributed by atoms with E-state index in [1.54, 1.807) is 18.2 Å². The van der Waals surface area contributed by atoms with E-state index in [2.05, 4.69) is 9.80 Å². The van der Waals surface area contributed by atoms with E-state index in [0.29, 0.717) is 12.2 Å². The van der Waals surface area contributed by atoms with E-state index in [9.17, 15) is 14.0 Å². The molecule has 184 valence electrons. The molecule has 1 saturated heterocycles. The van der Waals surface area contributed by atoms with Gasteiger partial charge in [0.15, 0.2) is 11.5 Å². The molecular formula is C28H26FN3O4. The van der Waals surface area contributed by atoms with Crippen LogP contribution in [-0.2, 0) is 0 Å². The van der Waals surface area contributed by atoms with Gasteiger partial charge in [-0.2, -0.15) is 0 Å². The number of carbonyl (C=O) groups is 2. The second-order valence-electron chi connectivity index (χ2n) is 8.71. The first-order chi connectivity index (χ1) is 17.5. The first-order valence-electron chi connectivity index (χ1n) is 11.8. The van der Waals surface area contributed by atoms with Crippen molar-refractivity contribution in [1.82, 2.24) is 4.90 Å². The number of hydrogen-bond acceptors (Lipinski definition) is 6. The summed E-state index contributed by atoms with van der Waals surface area (Å²) in [7, 11) is 0. The number of allylic oxidation sites excluding steroid dienone is 1. The van der Waals surface area contributed by atoms with Gasteiger partial charge in [-0.05, 0) is 60.2 Å². The lowest BCUT2D eigenvalue weighted by atomic mass is 10.1. The number of piperazine rings is 1. The summed E-state index contributed by atoms with van der Waals surface area (Å²) in [6.45, 7) is 4.99. The highest BCUT2D eigenvalue weighted by atomic mass is 19.1. The van der Waals surface area contributed by atoms with Gasteiger partial charge in [0.2, 0.25) is 5.78 Å². The Balaban J connectivity index is 1.11. The number of hydrogen-bond donors (Lipinski definition) is 1. The maximum Gasteiger partial charge on any atom is 0.252 e. The molecular weight excluding hydrogens is 461 g/mol. The van der Waals surface area contributed by atoms with Gasteiger partial charge >= 0.3 is 0 Å². The van der Waals surface area contributed by atoms with Gasteiger partial charge in [0.05, 0.1) is 11.1 Å². The zero-order chi connectivity index (χ0) is 25.1. The van der Waals surface area contributed by atoms with Crippen LogP contribution in [0.25, 0.3) is 6.08 Å². The number of halogens is 1. The molecule has 3 aromatic carbocycles. The monoisotopic (exact) mass is 487 g/mol. The normalized spacial score (nSPS) is 16.6. The standard InChI is InChI=1S/C28H26FN3O4/c29-20-6-8-21(9-7-20)32-14-12-31(13-15-32)16-17-35-22-10-4-19(5-11-22)18-25-26(33)23-2-1-3-24(28(30)34)27(23)36-25/h1-11,18H,12-17H2,(H2,30,34)/b25-18-. The second kappa shape index (κ2) is 10.2. The topological polar surface area (TPSA) is 85.1 Å². The number of rotatable bonds is 7. The van der Waals surface area contributed by atoms with Crippen LogP contribution in [-0.4, -0.2) is 55.9 Å². The lowest BCUT2D eigenvalue weighted by Gasteiger charge is -2.36. The Morgan fingerprint density at radius 1 is 1.00 bits per heavy atom. The Bertz CT molecular complexity index is 1300. The molecule has 0 unspecified atom stereocenters. The van der Waals surface area contributed by atoms with Crippen molar-refractivity contribution < 1.29 is 23.5 Å². The third kappa shape index (κ3) is 5.08. The van der Waals surface area contributed by atoms with Gasteiger partial charge in [0.25, 0.3) is 5.91 Å². The van der Waals surface area contributed by atoms with Gasteiger partial charge in [-0.3, -0.25) is 14.5 Å². The van der Waals surface area contributed by atoms with E-state index in [-0.39, 0.29) is 28.7 Å². The van der Waals surface area contributed by atoms with Crippen LogP contribution in [0.5, 0.6) is 11.5 Å². The number of ether oxygens (including phenoxy) is 2. The van der Waals surface area contributed by atoms with Crippen LogP contribution in [0.3, 0.4) is 0 Å². The van der Waals surface area contributed by atoms with E-state index >= 15 is 0 Å². The van der Waals surface area contributed by atoms with Crippen LogP contribution in [0, 0.1) is 5.82 Å². The molecule has 36 heavy (non-hydrogen) atoms. The van der Waals surface area contributed by atoms with Gasteiger partial charge in [-0.25, -0.2) is 4.39 Å². The van der Waals surface area contributed by atoms with Gasteiger partial charge < -0.3 is 20.1 Å². The second-order valence-corrected chi connectivity index (χ2v) is 8.71. The highest BCUT2D eigenvalue weighted by Gasteiger charge is 2.30. The van der Waals surface area contributed by atoms with E-state index in [1.165, 1.54) is 18.2 Å². The number of ketones is 1. The van der Waals surface area contributed by atoms with Crippen molar-refractivity contribution in [2.75, 3.05) is 44.2 Å². The molecule has 0 radical (unpaired) electrons. The Labute approximate surface area is 208 Å². The molecule has 5 rings (SSSR count). The minimum Gasteiger partial charge on any atom is -0.492 e. The van der Waals surface area contributed by atoms with Gasteiger partial charge in [0, 0.05) is 38.4 Å². The molecule has 0 atom stereocenters. The van der Waals surface area contributed by atoms with Crippen LogP contribution in [0.2, 0.25) is 0 Å². The zero-order valence-corrected chi connectivity index (χ0v) is 19.7. The van der Waals surface area contributed by atoms with Crippen molar-refractivity contribution in [3.63, 3.8) is 0 Å². The van der Waals surface area contributed by atoms with Crippen molar-refractivity contribution >= 4 is 23.5 Å². The third-order valence-corrected chi connectivity index (χ3v) is 6.38. The Morgan fingerprint density at radius 3 is 2.42 bits per heavy atom. The number of anilines is 1. The maximum absolute atomic E-state index is 13.1. The van der Waals surface area contributed by atoms with Gasteiger partial charge in [-0.1, -0.05) is 18.2 Å². The predicted octanol–water partition coefficient (Wildman–Crippen LogP) is 3.74. The Kier molecular flexibility index (Phi) is 6.69. The van der Waals surface area contributed by atoms with Crippen LogP contribution < -0.4 is 20.1 Å². The number of amides is 1. The molecule has 7 nitrogen and oxygen atoms in total. The first-order valence-corrected chi connectivity index (χ1v) is 11.8. The molecule has 2 N–H and O–H groups in total. The number of Topliss-reactive ketones (excluding diaryl/α,β-unsaturated/α-hetero) is 1. The summed E-state index contributed by atoms with van der Waals surface area (Å²) in [6, 6.07) is 18.8. The lowest BCUT2D eigenvalue weighted by molar-refractivity contribution is 0.0991. The fourth-order valence-electron chi connectivity index (χ4n) is 4.39. The summed E-state index contributed by atoms with van der Waals surface area (Å²) >= 11 is 0. The number of fused-ring (bicyclic) bond motifs is 1. The van der Waals surface area contributed by atoms with Gasteiger partial charge in [0.1, 0.15) is 18.2 Å². The Morgan fingerprint density at radius 2 is 1.72 bits per heavy atom. The smallest absolute Gasteiger partial charge is 0.252 e. The van der Waals surface area contributed by atoms with E-state index < -0.39 is 5.91 Å². The summed E-state index contributed by atoms with van der Waals surface area (Å²) in [6.07, 6.45) is 1.64. The lowest BCUT2D eigenvalue weighted by Crippen LogP contribution is -2.47. The molecule has 2 heterocycles. The number of benzene rings is 3. The minimum absolute atomic E-state index is 0.146. The Hall–Kier alpha value is -4.17. The molecule has 0 saturated carbocycles. The molecule has 3 aromatic rings. The third-order valence-electron chi connectivity index (χ3n) is 6.38. The van der Waals surface area contributed by atoms with Crippen molar-refractivity contribution in [3.05, 3.63) is 95.0 Å². The first kappa shape index (κ1) is 23.6. The van der Waals surface area contributed by atoms with Crippen molar-refractivity contribution in [1.29, 1.82) is 0 Å². The number of carbonyl (C=O) groups excluding carboxylic acids is 2. The maximum atomic E-state index is 13.1. The van der Waals surface area contributed by atoms with E-state index in [0.717, 1.165) is 49.7 Å². The van der Waals surface area contributed by atoms with Crippen molar-refractivity contribution in [2.24, 2.45) is 5.73 Å². The summed E-state index contributed by atoms with van der Waals surface area (Å²) in [5.41, 5.74) is 7.72. The van der Waals surface area contributed by atoms with E-state index in [4.69, 9.17) is 15.2 Å². The number of para-hydroxylation sites is 1. The van der Waals surface area contributed by atoms with E-state index in [1.807, 2.05) is 36.4 Å². The van der Waals surface area contributed by atoms with Crippen LogP contribution in [0.1, 0.15) is 26.3 Å². The summed E-state index contributed by atoms with van der Waals surface area (Å²) in [4.78, 5) is 28.9. The molecule has 0 aromatic heterocycles.